The SMILES string of the molecule is O=C(F)C12CCC(CC1)CC2. The number of carbonyl (C=O) groups is 1. The Balaban J connectivity index is 2.18. The lowest BCUT2D eigenvalue weighted by Gasteiger charge is -2.43. The Morgan fingerprint density at radius 1 is 1.18 bits per heavy atom. The molecule has 0 radical (unpaired) electrons. The molecule has 0 heterocycles. The molecule has 0 atom stereocenters. The van der Waals surface area contributed by atoms with Crippen LogP contribution in [0.3, 0.4) is 0 Å². The van der Waals surface area contributed by atoms with Gasteiger partial charge in [-0.15, -0.1) is 0 Å². The number of fused-ring (bicyclic) bond motifs is 3. The minimum absolute atomic E-state index is 0.519. The first-order valence-electron chi connectivity index (χ1n) is 4.43. The van der Waals surface area contributed by atoms with E-state index in [1.165, 1.54) is 0 Å². The van der Waals surface area contributed by atoms with Crippen molar-refractivity contribution in [1.29, 1.82) is 0 Å². The Kier molecular flexibility index (Phi) is 1.51. The lowest BCUT2D eigenvalue weighted by molar-refractivity contribution is -0.146. The van der Waals surface area contributed by atoms with Crippen LogP contribution >= 0.6 is 0 Å². The molecule has 0 aromatic heterocycles. The molecule has 11 heavy (non-hydrogen) atoms. The summed E-state index contributed by atoms with van der Waals surface area (Å²) in [6.45, 7) is 0. The van der Waals surface area contributed by atoms with Crippen LogP contribution in [0.2, 0.25) is 0 Å². The maximum absolute atomic E-state index is 12.6. The van der Waals surface area contributed by atoms with Gasteiger partial charge < -0.3 is 0 Å². The summed E-state index contributed by atoms with van der Waals surface area (Å²) in [5.41, 5.74) is -0.519. The van der Waals surface area contributed by atoms with E-state index in [1.807, 2.05) is 0 Å². The van der Waals surface area contributed by atoms with Gasteiger partial charge in [-0.2, -0.15) is 4.39 Å². The van der Waals surface area contributed by atoms with Gasteiger partial charge in [-0.25, -0.2) is 0 Å². The molecule has 2 heteroatoms. The van der Waals surface area contributed by atoms with Gasteiger partial charge in [0.15, 0.2) is 0 Å². The predicted octanol–water partition coefficient (Wildman–Crippen LogP) is 2.45. The molecule has 3 aliphatic rings. The third-order valence-corrected chi connectivity index (χ3v) is 3.51. The van der Waals surface area contributed by atoms with Gasteiger partial charge >= 0.3 is 6.04 Å². The van der Waals surface area contributed by atoms with Crippen LogP contribution in [0.25, 0.3) is 0 Å². The van der Waals surface area contributed by atoms with Crippen molar-refractivity contribution in [3.63, 3.8) is 0 Å². The van der Waals surface area contributed by atoms with Crippen molar-refractivity contribution in [3.05, 3.63) is 0 Å². The Morgan fingerprint density at radius 2 is 1.64 bits per heavy atom. The van der Waals surface area contributed by atoms with Gasteiger partial charge in [0.25, 0.3) is 0 Å². The van der Waals surface area contributed by atoms with Crippen molar-refractivity contribution in [3.8, 4) is 0 Å². The van der Waals surface area contributed by atoms with Gasteiger partial charge in [0, 0.05) is 0 Å². The van der Waals surface area contributed by atoms with Gasteiger partial charge in [0.2, 0.25) is 0 Å². The molecule has 0 aromatic rings. The van der Waals surface area contributed by atoms with E-state index in [0.717, 1.165) is 44.4 Å². The van der Waals surface area contributed by atoms with Crippen LogP contribution in [0.5, 0.6) is 0 Å². The minimum Gasteiger partial charge on any atom is -0.261 e. The molecular formula is C9H13FO. The molecule has 3 aliphatic carbocycles. The van der Waals surface area contributed by atoms with Gasteiger partial charge in [0.1, 0.15) is 0 Å². The average molecular weight is 156 g/mol. The number of hydrogen-bond acceptors (Lipinski definition) is 1. The van der Waals surface area contributed by atoms with E-state index in [4.69, 9.17) is 0 Å². The van der Waals surface area contributed by atoms with E-state index in [1.54, 1.807) is 0 Å². The highest BCUT2D eigenvalue weighted by Gasteiger charge is 2.45. The first-order valence-corrected chi connectivity index (χ1v) is 4.43. The number of rotatable bonds is 1. The van der Waals surface area contributed by atoms with Crippen molar-refractivity contribution < 1.29 is 9.18 Å². The highest BCUT2D eigenvalue weighted by molar-refractivity contribution is 5.75. The molecule has 0 unspecified atom stereocenters. The van der Waals surface area contributed by atoms with Gasteiger partial charge in [-0.05, 0) is 44.4 Å². The standard InChI is InChI=1S/C9H13FO/c10-8(11)9-4-1-7(2-5-9)3-6-9/h7H,1-6H2. The smallest absolute Gasteiger partial charge is 0.261 e. The summed E-state index contributed by atoms with van der Waals surface area (Å²) < 4.78 is 12.6. The van der Waals surface area contributed by atoms with Crippen LogP contribution in [-0.4, -0.2) is 6.04 Å². The van der Waals surface area contributed by atoms with E-state index < -0.39 is 11.5 Å². The summed E-state index contributed by atoms with van der Waals surface area (Å²) in [6.07, 6.45) is 5.67. The van der Waals surface area contributed by atoms with Gasteiger partial charge in [0.05, 0.1) is 5.41 Å². The lowest BCUT2D eigenvalue weighted by Crippen LogP contribution is -2.38. The van der Waals surface area contributed by atoms with Gasteiger partial charge in [-0.1, -0.05) is 0 Å². The third kappa shape index (κ3) is 0.996. The fraction of sp³-hybridized carbons (Fsp3) is 0.889. The summed E-state index contributed by atoms with van der Waals surface area (Å²) in [5, 5.41) is 0. The molecule has 2 bridgehead atoms. The van der Waals surface area contributed by atoms with Crippen molar-refractivity contribution in [2.24, 2.45) is 11.3 Å². The van der Waals surface area contributed by atoms with Crippen LogP contribution in [0.1, 0.15) is 38.5 Å². The quantitative estimate of drug-likeness (QED) is 0.533. The van der Waals surface area contributed by atoms with E-state index in [2.05, 4.69) is 0 Å². The largest absolute Gasteiger partial charge is 0.307 e. The molecule has 0 aromatic carbocycles. The van der Waals surface area contributed by atoms with E-state index in [0.29, 0.717) is 0 Å². The summed E-state index contributed by atoms with van der Waals surface area (Å²) in [7, 11) is 0. The molecule has 3 saturated carbocycles. The molecule has 62 valence electrons. The second kappa shape index (κ2) is 2.29. The molecular weight excluding hydrogens is 143 g/mol. The van der Waals surface area contributed by atoms with Crippen molar-refractivity contribution in [1.82, 2.24) is 0 Å². The highest BCUT2D eigenvalue weighted by Crippen LogP contribution is 2.50. The third-order valence-electron chi connectivity index (χ3n) is 3.51. The Labute approximate surface area is 66.0 Å². The Hall–Kier alpha value is -0.400. The normalized spacial score (nSPS) is 42.5. The topological polar surface area (TPSA) is 17.1 Å². The van der Waals surface area contributed by atoms with E-state index in [9.17, 15) is 9.18 Å². The van der Waals surface area contributed by atoms with Crippen molar-refractivity contribution in [2.45, 2.75) is 38.5 Å². The number of hydrogen-bond donors (Lipinski definition) is 0. The Morgan fingerprint density at radius 3 is 1.91 bits per heavy atom. The first kappa shape index (κ1) is 7.26. The fourth-order valence-corrected chi connectivity index (χ4v) is 2.54. The molecule has 0 spiro atoms. The lowest BCUT2D eigenvalue weighted by atomic mass is 9.61. The van der Waals surface area contributed by atoms with Gasteiger partial charge in [-0.3, -0.25) is 4.79 Å². The van der Waals surface area contributed by atoms with Crippen molar-refractivity contribution >= 4 is 6.04 Å². The second-order valence-electron chi connectivity index (χ2n) is 4.04. The molecule has 0 aliphatic heterocycles. The number of halogens is 1. The summed E-state index contributed by atoms with van der Waals surface area (Å²) in [6, 6.07) is -1.05. The van der Waals surface area contributed by atoms with E-state index in [-0.39, 0.29) is 0 Å². The molecule has 3 rings (SSSR count). The number of carbonyl (C=O) groups excluding carboxylic acids is 1. The fourth-order valence-electron chi connectivity index (χ4n) is 2.54. The van der Waals surface area contributed by atoms with Crippen LogP contribution in [0, 0.1) is 11.3 Å². The van der Waals surface area contributed by atoms with Crippen LogP contribution in [-0.2, 0) is 4.79 Å². The maximum atomic E-state index is 12.6. The zero-order valence-corrected chi connectivity index (χ0v) is 6.61. The van der Waals surface area contributed by atoms with Crippen LogP contribution in [0.15, 0.2) is 0 Å². The zero-order chi connectivity index (χ0) is 7.90. The first-order chi connectivity index (χ1) is 5.23. The molecule has 1 nitrogen and oxygen atoms in total. The minimum atomic E-state index is -1.05. The average Bonchev–Trinajstić information content (AvgIpc) is 2.08. The molecule has 0 amide bonds. The Bertz CT molecular complexity index is 166. The van der Waals surface area contributed by atoms with E-state index >= 15 is 0 Å². The summed E-state index contributed by atoms with van der Waals surface area (Å²) in [5.74, 6) is 0.802. The summed E-state index contributed by atoms with van der Waals surface area (Å²) in [4.78, 5) is 10.7. The molecule has 0 N–H and O–H groups in total. The second-order valence-corrected chi connectivity index (χ2v) is 4.04. The van der Waals surface area contributed by atoms with Crippen LogP contribution < -0.4 is 0 Å². The highest BCUT2D eigenvalue weighted by atomic mass is 19.1. The molecule has 3 fully saturated rings. The molecule has 0 saturated heterocycles. The predicted molar refractivity (Wildman–Crippen MR) is 39.7 cm³/mol. The zero-order valence-electron chi connectivity index (χ0n) is 6.61. The van der Waals surface area contributed by atoms with Crippen molar-refractivity contribution in [2.75, 3.05) is 0 Å². The van der Waals surface area contributed by atoms with Crippen LogP contribution in [0.4, 0.5) is 4.39 Å². The maximum Gasteiger partial charge on any atom is 0.307 e. The summed E-state index contributed by atoms with van der Waals surface area (Å²) >= 11 is 0. The monoisotopic (exact) mass is 156 g/mol.